The number of hydrogen-bond acceptors (Lipinski definition) is 5. The number of nitrogens with two attached hydrogens (primary N) is 1. The third kappa shape index (κ3) is 4.06. The Bertz CT molecular complexity index is 741. The van der Waals surface area contributed by atoms with Crippen molar-refractivity contribution in [2.24, 2.45) is 5.73 Å². The Morgan fingerprint density at radius 3 is 2.23 bits per heavy atom. The van der Waals surface area contributed by atoms with E-state index in [1.54, 1.807) is 30.3 Å². The van der Waals surface area contributed by atoms with Crippen LogP contribution in [0.15, 0.2) is 59.5 Å². The second kappa shape index (κ2) is 6.59. The van der Waals surface area contributed by atoms with Crippen molar-refractivity contribution in [3.05, 3.63) is 60.2 Å². The number of benzene rings is 2. The van der Waals surface area contributed by atoms with Crippen LogP contribution in [0.3, 0.4) is 0 Å². The van der Waals surface area contributed by atoms with Crippen LogP contribution in [0.1, 0.15) is 5.56 Å². The molecule has 116 valence electrons. The van der Waals surface area contributed by atoms with Crippen LogP contribution >= 0.6 is 0 Å². The molecule has 0 heterocycles. The second-order valence-electron chi connectivity index (χ2n) is 4.64. The number of rotatable bonds is 6. The zero-order valence-electron chi connectivity index (χ0n) is 11.5. The second-order valence-corrected chi connectivity index (χ2v) is 6.19. The Morgan fingerprint density at radius 2 is 1.68 bits per heavy atom. The first-order chi connectivity index (χ1) is 10.4. The molecule has 3 N–H and O–H groups in total. The number of aliphatic carboxylic acids is 1. The predicted octanol–water partition coefficient (Wildman–Crippen LogP) is 1.41. The van der Waals surface area contributed by atoms with E-state index in [0.717, 1.165) is 0 Å². The first-order valence-corrected chi connectivity index (χ1v) is 7.86. The van der Waals surface area contributed by atoms with Gasteiger partial charge in [-0.1, -0.05) is 30.3 Å². The van der Waals surface area contributed by atoms with Gasteiger partial charge < -0.3 is 15.0 Å². The molecule has 2 aromatic carbocycles. The van der Waals surface area contributed by atoms with Crippen molar-refractivity contribution in [3.63, 3.8) is 0 Å². The van der Waals surface area contributed by atoms with E-state index in [4.69, 9.17) is 15.0 Å². The van der Waals surface area contributed by atoms with Gasteiger partial charge in [-0.3, -0.25) is 4.79 Å². The van der Waals surface area contributed by atoms with Crippen molar-refractivity contribution in [3.8, 4) is 5.75 Å². The molecule has 22 heavy (non-hydrogen) atoms. The third-order valence-corrected chi connectivity index (χ3v) is 4.20. The summed E-state index contributed by atoms with van der Waals surface area (Å²) < 4.78 is 29.1. The van der Waals surface area contributed by atoms with Crippen molar-refractivity contribution in [2.75, 3.05) is 0 Å². The van der Waals surface area contributed by atoms with Gasteiger partial charge >= 0.3 is 16.1 Å². The molecule has 0 aliphatic rings. The smallest absolute Gasteiger partial charge is 0.339 e. The van der Waals surface area contributed by atoms with Gasteiger partial charge in [0.15, 0.2) is 0 Å². The molecule has 1 atom stereocenters. The first kappa shape index (κ1) is 16.0. The highest BCUT2D eigenvalue weighted by Crippen LogP contribution is 2.19. The zero-order valence-corrected chi connectivity index (χ0v) is 12.4. The molecule has 0 aliphatic heterocycles. The molecule has 0 saturated heterocycles. The molecule has 0 aromatic heterocycles. The summed E-state index contributed by atoms with van der Waals surface area (Å²) in [7, 11) is -3.88. The van der Waals surface area contributed by atoms with Gasteiger partial charge in [-0.25, -0.2) is 0 Å². The topological polar surface area (TPSA) is 107 Å². The molecule has 2 rings (SSSR count). The van der Waals surface area contributed by atoms with E-state index < -0.39 is 22.1 Å². The molecule has 0 fully saturated rings. The Balaban J connectivity index is 2.10. The average molecular weight is 321 g/mol. The van der Waals surface area contributed by atoms with E-state index in [2.05, 4.69) is 0 Å². The quantitative estimate of drug-likeness (QED) is 0.779. The molecule has 0 saturated carbocycles. The number of hydrogen-bond donors (Lipinski definition) is 2. The van der Waals surface area contributed by atoms with Crippen LogP contribution in [-0.4, -0.2) is 25.5 Å². The third-order valence-electron chi connectivity index (χ3n) is 2.93. The highest BCUT2D eigenvalue weighted by atomic mass is 32.2. The molecular weight excluding hydrogens is 306 g/mol. The minimum Gasteiger partial charge on any atom is -0.480 e. The molecule has 0 unspecified atom stereocenters. The van der Waals surface area contributed by atoms with Crippen molar-refractivity contribution in [1.29, 1.82) is 0 Å². The van der Waals surface area contributed by atoms with Crippen LogP contribution < -0.4 is 9.92 Å². The van der Waals surface area contributed by atoms with Crippen LogP contribution in [0.5, 0.6) is 5.75 Å². The van der Waals surface area contributed by atoms with Gasteiger partial charge in [0.05, 0.1) is 0 Å². The number of carboxylic acid groups (broad SMARTS) is 1. The Kier molecular flexibility index (Phi) is 4.79. The van der Waals surface area contributed by atoms with Crippen molar-refractivity contribution in [1.82, 2.24) is 0 Å². The highest BCUT2D eigenvalue weighted by molar-refractivity contribution is 7.87. The summed E-state index contributed by atoms with van der Waals surface area (Å²) in [5.74, 6) is -0.941. The van der Waals surface area contributed by atoms with Gasteiger partial charge in [0, 0.05) is 0 Å². The lowest BCUT2D eigenvalue weighted by Crippen LogP contribution is -2.32. The summed E-state index contributed by atoms with van der Waals surface area (Å²) in [6.45, 7) is 0. The summed E-state index contributed by atoms with van der Waals surface area (Å²) in [5, 5.41) is 8.75. The molecular formula is C15H15NO5S. The predicted molar refractivity (Wildman–Crippen MR) is 80.0 cm³/mol. The fourth-order valence-corrected chi connectivity index (χ4v) is 2.74. The molecule has 0 bridgehead atoms. The van der Waals surface area contributed by atoms with Crippen LogP contribution in [0.25, 0.3) is 0 Å². The largest absolute Gasteiger partial charge is 0.480 e. The van der Waals surface area contributed by atoms with E-state index in [1.807, 2.05) is 0 Å². The summed E-state index contributed by atoms with van der Waals surface area (Å²) >= 11 is 0. The standard InChI is InChI=1S/C15H15NO5S/c16-14(15(17)18)10-11-6-8-12(9-7-11)21-22(19,20)13-4-2-1-3-5-13/h1-9,14H,10,16H2,(H,17,18)/t14-/m0/s1. The first-order valence-electron chi connectivity index (χ1n) is 6.45. The maximum absolute atomic E-state index is 12.0. The van der Waals surface area contributed by atoms with Crippen LogP contribution in [0.4, 0.5) is 0 Å². The van der Waals surface area contributed by atoms with E-state index in [9.17, 15) is 13.2 Å². The molecule has 6 nitrogen and oxygen atoms in total. The Labute approximate surface area is 128 Å². The lowest BCUT2D eigenvalue weighted by atomic mass is 10.1. The molecule has 0 spiro atoms. The van der Waals surface area contributed by atoms with Crippen molar-refractivity contribution >= 4 is 16.1 Å². The van der Waals surface area contributed by atoms with Gasteiger partial charge in [-0.2, -0.15) is 8.42 Å². The van der Waals surface area contributed by atoms with E-state index in [-0.39, 0.29) is 17.1 Å². The molecule has 2 aromatic rings. The van der Waals surface area contributed by atoms with Crippen molar-refractivity contribution in [2.45, 2.75) is 17.4 Å². The van der Waals surface area contributed by atoms with E-state index in [1.165, 1.54) is 24.3 Å². The fourth-order valence-electron chi connectivity index (χ4n) is 1.78. The summed E-state index contributed by atoms with van der Waals surface area (Å²) in [5.41, 5.74) is 6.12. The average Bonchev–Trinajstić information content (AvgIpc) is 2.50. The van der Waals surface area contributed by atoms with Crippen LogP contribution in [-0.2, 0) is 21.3 Å². The maximum Gasteiger partial charge on any atom is 0.339 e. The molecule has 0 amide bonds. The van der Waals surface area contributed by atoms with Gasteiger partial charge in [-0.05, 0) is 36.2 Å². The fraction of sp³-hybridized carbons (Fsp3) is 0.133. The molecule has 0 radical (unpaired) electrons. The lowest BCUT2D eigenvalue weighted by molar-refractivity contribution is -0.138. The maximum atomic E-state index is 12.0. The van der Waals surface area contributed by atoms with E-state index in [0.29, 0.717) is 5.56 Å². The number of carboxylic acids is 1. The van der Waals surface area contributed by atoms with Gasteiger partial charge in [0.2, 0.25) is 0 Å². The van der Waals surface area contributed by atoms with Gasteiger partial charge in [0.1, 0.15) is 16.7 Å². The van der Waals surface area contributed by atoms with Crippen LogP contribution in [0, 0.1) is 0 Å². The molecule has 0 aliphatic carbocycles. The Morgan fingerprint density at radius 1 is 1.09 bits per heavy atom. The number of carbonyl (C=O) groups is 1. The Hall–Kier alpha value is -2.38. The van der Waals surface area contributed by atoms with Gasteiger partial charge in [-0.15, -0.1) is 0 Å². The van der Waals surface area contributed by atoms with E-state index >= 15 is 0 Å². The van der Waals surface area contributed by atoms with Crippen molar-refractivity contribution < 1.29 is 22.5 Å². The lowest BCUT2D eigenvalue weighted by Gasteiger charge is -2.09. The monoisotopic (exact) mass is 321 g/mol. The minimum absolute atomic E-state index is 0.0620. The molecule has 7 heteroatoms. The highest BCUT2D eigenvalue weighted by Gasteiger charge is 2.16. The van der Waals surface area contributed by atoms with Crippen LogP contribution in [0.2, 0.25) is 0 Å². The van der Waals surface area contributed by atoms with Gasteiger partial charge in [0.25, 0.3) is 0 Å². The summed E-state index contributed by atoms with van der Waals surface area (Å²) in [4.78, 5) is 10.7. The normalized spacial score (nSPS) is 12.6. The zero-order chi connectivity index (χ0) is 16.2. The SMILES string of the molecule is N[C@@H](Cc1ccc(OS(=O)(=O)c2ccccc2)cc1)C(=O)O. The minimum atomic E-state index is -3.88. The summed E-state index contributed by atoms with van der Waals surface area (Å²) in [6, 6.07) is 12.9. The summed E-state index contributed by atoms with van der Waals surface area (Å²) in [6.07, 6.45) is 0.154.